The van der Waals surface area contributed by atoms with Crippen molar-refractivity contribution in [2.24, 2.45) is 0 Å². The molecule has 0 saturated carbocycles. The number of hydrogen-bond donors (Lipinski definition) is 0. The van der Waals surface area contributed by atoms with Crippen LogP contribution < -0.4 is 9.64 Å². The number of nitrogens with zero attached hydrogens (tertiary/aromatic N) is 1. The van der Waals surface area contributed by atoms with Gasteiger partial charge in [0.15, 0.2) is 0 Å². The SMILES string of the molecule is c1ccc(C2(c3ccccc3)c3ccccc3-c3c(N(c4ccc(-c5cccc6oc7ccccc7c56)cc4)c4cccc(-c5ccc6c(c5)C5(c7ccccc7-6)c6ccc7ccccc7c6Oc6c5ccc5ccccc65)c4)cccc32)cc1. The van der Waals surface area contributed by atoms with Gasteiger partial charge < -0.3 is 14.1 Å². The molecule has 0 unspecified atom stereocenters. The monoisotopic (exact) mass is 1080 g/mol. The number of furan rings is 1. The molecule has 1 aliphatic heterocycles. The van der Waals surface area contributed by atoms with Gasteiger partial charge in [0.25, 0.3) is 0 Å². The molecule has 3 heteroatoms. The lowest BCUT2D eigenvalue weighted by atomic mass is 9.65. The number of ether oxygens (including phenoxy) is 1. The van der Waals surface area contributed by atoms with Crippen LogP contribution in [0.3, 0.4) is 0 Å². The lowest BCUT2D eigenvalue weighted by molar-refractivity contribution is 0.447. The van der Waals surface area contributed by atoms with Gasteiger partial charge in [0.2, 0.25) is 0 Å². The van der Waals surface area contributed by atoms with Gasteiger partial charge in [-0.3, -0.25) is 0 Å². The van der Waals surface area contributed by atoms with Gasteiger partial charge in [0.05, 0.1) is 16.5 Å². The summed E-state index contributed by atoms with van der Waals surface area (Å²) < 4.78 is 13.7. The van der Waals surface area contributed by atoms with Crippen molar-refractivity contribution < 1.29 is 9.15 Å². The second-order valence-corrected chi connectivity index (χ2v) is 22.9. The third-order valence-corrected chi connectivity index (χ3v) is 18.8. The molecule has 396 valence electrons. The van der Waals surface area contributed by atoms with Crippen LogP contribution in [0.5, 0.6) is 11.5 Å². The molecule has 15 aromatic rings. The Morgan fingerprint density at radius 2 is 0.812 bits per heavy atom. The van der Waals surface area contributed by atoms with Crippen LogP contribution >= 0.6 is 0 Å². The number of fused-ring (bicyclic) bond motifs is 19. The Kier molecular flexibility index (Phi) is 10.2. The van der Waals surface area contributed by atoms with Crippen molar-refractivity contribution in [3.05, 3.63) is 354 Å². The molecule has 18 rings (SSSR count). The zero-order chi connectivity index (χ0) is 55.8. The van der Waals surface area contributed by atoms with E-state index in [4.69, 9.17) is 9.15 Å². The van der Waals surface area contributed by atoms with Crippen LogP contribution in [-0.4, -0.2) is 0 Å². The Hall–Kier alpha value is -11.0. The lowest BCUT2D eigenvalue weighted by Gasteiger charge is -2.40. The molecule has 85 heavy (non-hydrogen) atoms. The van der Waals surface area contributed by atoms with E-state index in [1.54, 1.807) is 0 Å². The van der Waals surface area contributed by atoms with Gasteiger partial charge in [-0.25, -0.2) is 0 Å². The first-order valence-corrected chi connectivity index (χ1v) is 29.4. The third kappa shape index (κ3) is 6.66. The molecule has 0 fully saturated rings. The molecule has 1 spiro atoms. The van der Waals surface area contributed by atoms with Crippen molar-refractivity contribution in [2.45, 2.75) is 10.8 Å². The molecule has 3 aliphatic rings. The fourth-order valence-electron chi connectivity index (χ4n) is 15.3. The molecule has 1 aromatic heterocycles. The first-order chi connectivity index (χ1) is 42.2. The lowest BCUT2D eigenvalue weighted by Crippen LogP contribution is -2.32. The molecule has 2 heterocycles. The van der Waals surface area contributed by atoms with E-state index >= 15 is 0 Å². The van der Waals surface area contributed by atoms with Crippen LogP contribution in [0.2, 0.25) is 0 Å². The number of rotatable bonds is 7. The van der Waals surface area contributed by atoms with Crippen LogP contribution in [0.15, 0.2) is 314 Å². The molecule has 0 N–H and O–H groups in total. The van der Waals surface area contributed by atoms with Crippen molar-refractivity contribution in [2.75, 3.05) is 4.90 Å². The molecule has 0 bridgehead atoms. The Morgan fingerprint density at radius 1 is 0.282 bits per heavy atom. The van der Waals surface area contributed by atoms with Crippen LogP contribution in [0.4, 0.5) is 17.1 Å². The van der Waals surface area contributed by atoms with E-state index in [1.165, 1.54) is 55.6 Å². The van der Waals surface area contributed by atoms with Gasteiger partial charge in [-0.2, -0.15) is 0 Å². The maximum atomic E-state index is 7.33. The fourth-order valence-corrected chi connectivity index (χ4v) is 15.3. The second kappa shape index (κ2) is 18.2. The predicted octanol–water partition coefficient (Wildman–Crippen LogP) is 21.5. The summed E-state index contributed by atoms with van der Waals surface area (Å²) in [6.45, 7) is 0. The van der Waals surface area contributed by atoms with E-state index in [1.807, 2.05) is 6.07 Å². The largest absolute Gasteiger partial charge is 0.456 e. The topological polar surface area (TPSA) is 25.6 Å². The molecular formula is C82H51NO2. The maximum Gasteiger partial charge on any atom is 0.140 e. The molecule has 0 radical (unpaired) electrons. The highest BCUT2D eigenvalue weighted by atomic mass is 16.5. The minimum absolute atomic E-state index is 0.578. The zero-order valence-corrected chi connectivity index (χ0v) is 46.2. The Labute approximate surface area is 492 Å². The van der Waals surface area contributed by atoms with Gasteiger partial charge in [-0.15, -0.1) is 0 Å². The second-order valence-electron chi connectivity index (χ2n) is 22.9. The fraction of sp³-hybridized carbons (Fsp3) is 0.0244. The minimum atomic E-state index is -0.681. The Balaban J connectivity index is 0.862. The zero-order valence-electron chi connectivity index (χ0n) is 46.2. The average molecular weight is 1080 g/mol. The van der Waals surface area contributed by atoms with Crippen molar-refractivity contribution in [3.8, 4) is 56.0 Å². The van der Waals surface area contributed by atoms with E-state index in [9.17, 15) is 0 Å². The van der Waals surface area contributed by atoms with Crippen molar-refractivity contribution in [1.82, 2.24) is 0 Å². The number of para-hydroxylation sites is 1. The average Bonchev–Trinajstić information content (AvgIpc) is 1.92. The van der Waals surface area contributed by atoms with Crippen molar-refractivity contribution >= 4 is 60.5 Å². The third-order valence-electron chi connectivity index (χ3n) is 18.8. The number of anilines is 3. The Bertz CT molecular complexity index is 5100. The number of benzene rings is 14. The summed E-state index contributed by atoms with van der Waals surface area (Å²) in [5.41, 5.74) is 22.9. The van der Waals surface area contributed by atoms with Crippen LogP contribution in [0.1, 0.15) is 44.5 Å². The summed E-state index contributed by atoms with van der Waals surface area (Å²) in [6, 6.07) is 114. The molecule has 0 saturated heterocycles. The molecule has 0 atom stereocenters. The van der Waals surface area contributed by atoms with Crippen LogP contribution in [0.25, 0.3) is 88.0 Å². The number of hydrogen-bond acceptors (Lipinski definition) is 3. The molecule has 0 amide bonds. The van der Waals surface area contributed by atoms with Gasteiger partial charge in [-0.05, 0) is 132 Å². The predicted molar refractivity (Wildman–Crippen MR) is 349 cm³/mol. The van der Waals surface area contributed by atoms with E-state index in [0.29, 0.717) is 0 Å². The van der Waals surface area contributed by atoms with E-state index < -0.39 is 10.8 Å². The van der Waals surface area contributed by atoms with Gasteiger partial charge in [0, 0.05) is 49.6 Å². The van der Waals surface area contributed by atoms with E-state index in [2.05, 4.69) is 308 Å². The van der Waals surface area contributed by atoms with Gasteiger partial charge >= 0.3 is 0 Å². The highest BCUT2D eigenvalue weighted by molar-refractivity contribution is 6.12. The highest BCUT2D eigenvalue weighted by Crippen LogP contribution is 2.65. The van der Waals surface area contributed by atoms with Crippen molar-refractivity contribution in [3.63, 3.8) is 0 Å². The summed E-state index contributed by atoms with van der Waals surface area (Å²) in [5, 5.41) is 6.75. The molecule has 3 nitrogen and oxygen atoms in total. The molecule has 2 aliphatic carbocycles. The minimum Gasteiger partial charge on any atom is -0.456 e. The summed E-state index contributed by atoms with van der Waals surface area (Å²) >= 11 is 0. The summed E-state index contributed by atoms with van der Waals surface area (Å²) in [4.78, 5) is 2.49. The van der Waals surface area contributed by atoms with Crippen LogP contribution in [-0.2, 0) is 10.8 Å². The first-order valence-electron chi connectivity index (χ1n) is 29.4. The van der Waals surface area contributed by atoms with E-state index in [-0.39, 0.29) is 0 Å². The summed E-state index contributed by atoms with van der Waals surface area (Å²) in [5.74, 6) is 1.82. The Morgan fingerprint density at radius 3 is 1.53 bits per heavy atom. The smallest absolute Gasteiger partial charge is 0.140 e. The quantitative estimate of drug-likeness (QED) is 0.159. The van der Waals surface area contributed by atoms with Crippen LogP contribution in [0, 0.1) is 0 Å². The standard InChI is InChI=1S/C82H51NO2/c1-3-23-57(24-4-1)81(58-25-5-2-6-26-58)69-35-15-12-31-66(69)78-70(81)36-19-37-74(78)83(59-45-40-54(41-46-59)61-33-18-39-76-77(61)67-32-13-16-38-75(67)84-76)60-27-17-22-55(50-60)56-42-47-65-64-30-11-14-34-68(64)82(73(65)51-56)71-48-43-52-20-7-9-28-62(52)79(71)85-80-63-29-10-8-21-53(63)44-49-72(80)82/h1-51H. The highest BCUT2D eigenvalue weighted by Gasteiger charge is 2.52. The molecular weight excluding hydrogens is 1030 g/mol. The summed E-state index contributed by atoms with van der Waals surface area (Å²) in [7, 11) is 0. The van der Waals surface area contributed by atoms with Gasteiger partial charge in [-0.1, -0.05) is 261 Å². The first kappa shape index (κ1) is 47.6. The molecule has 14 aromatic carbocycles. The van der Waals surface area contributed by atoms with Gasteiger partial charge in [0.1, 0.15) is 22.7 Å². The summed E-state index contributed by atoms with van der Waals surface area (Å²) in [6.07, 6.45) is 0. The van der Waals surface area contributed by atoms with Crippen molar-refractivity contribution in [1.29, 1.82) is 0 Å². The van der Waals surface area contributed by atoms with E-state index in [0.717, 1.165) is 105 Å². The maximum absolute atomic E-state index is 7.33. The normalized spacial score (nSPS) is 13.7.